The van der Waals surface area contributed by atoms with E-state index < -0.39 is 17.4 Å². The Balaban J connectivity index is 3.01. The third-order valence-corrected chi connectivity index (χ3v) is 2.70. The summed E-state index contributed by atoms with van der Waals surface area (Å²) >= 11 is 5.89. The number of aromatic nitrogens is 1. The summed E-state index contributed by atoms with van der Waals surface area (Å²) in [7, 11) is 1.67. The van der Waals surface area contributed by atoms with Gasteiger partial charge in [-0.05, 0) is 19.9 Å². The molecule has 4 N–H and O–H groups in total. The molecule has 1 aromatic rings. The molecule has 0 radical (unpaired) electrons. The minimum atomic E-state index is -1.15. The molecule has 0 fully saturated rings. The van der Waals surface area contributed by atoms with Crippen molar-refractivity contribution in [2.75, 3.05) is 12.4 Å². The predicted molar refractivity (Wildman–Crippen MR) is 69.5 cm³/mol. The Kier molecular flexibility index (Phi) is 4.13. The first-order chi connectivity index (χ1) is 8.27. The summed E-state index contributed by atoms with van der Waals surface area (Å²) < 4.78 is 0. The van der Waals surface area contributed by atoms with E-state index in [1.165, 1.54) is 26.1 Å². The number of halogens is 1. The van der Waals surface area contributed by atoms with Crippen molar-refractivity contribution < 1.29 is 9.59 Å². The fourth-order valence-corrected chi connectivity index (χ4v) is 1.35. The molecule has 0 bridgehead atoms. The maximum atomic E-state index is 12.0. The van der Waals surface area contributed by atoms with Gasteiger partial charge < -0.3 is 16.4 Å². The highest BCUT2D eigenvalue weighted by molar-refractivity contribution is 6.33. The highest BCUT2D eigenvalue weighted by atomic mass is 35.5. The van der Waals surface area contributed by atoms with Crippen molar-refractivity contribution >= 4 is 29.2 Å². The van der Waals surface area contributed by atoms with Crippen LogP contribution in [0.1, 0.15) is 24.2 Å². The molecule has 0 atom stereocenters. The number of hydrogen-bond donors (Lipinski definition) is 3. The second-order valence-corrected chi connectivity index (χ2v) is 4.65. The van der Waals surface area contributed by atoms with Gasteiger partial charge in [0.05, 0.1) is 10.6 Å². The summed E-state index contributed by atoms with van der Waals surface area (Å²) in [5.41, 5.74) is 4.26. The molecule has 0 aliphatic rings. The molecule has 6 nitrogen and oxygen atoms in total. The van der Waals surface area contributed by atoms with Gasteiger partial charge in [-0.1, -0.05) is 11.6 Å². The lowest BCUT2D eigenvalue weighted by atomic mass is 10.0. The van der Waals surface area contributed by atoms with Gasteiger partial charge in [0.1, 0.15) is 11.4 Å². The summed E-state index contributed by atoms with van der Waals surface area (Å²) in [6.07, 6.45) is 1.36. The van der Waals surface area contributed by atoms with Crippen LogP contribution in [0.4, 0.5) is 5.82 Å². The Labute approximate surface area is 110 Å². The van der Waals surface area contributed by atoms with E-state index in [1.54, 1.807) is 7.05 Å². The van der Waals surface area contributed by atoms with Crippen LogP contribution < -0.4 is 16.4 Å². The van der Waals surface area contributed by atoms with Crippen molar-refractivity contribution in [2.45, 2.75) is 19.4 Å². The van der Waals surface area contributed by atoms with Gasteiger partial charge in [-0.2, -0.15) is 0 Å². The summed E-state index contributed by atoms with van der Waals surface area (Å²) in [4.78, 5) is 27.1. The molecule has 1 aromatic heterocycles. The van der Waals surface area contributed by atoms with Crippen molar-refractivity contribution in [2.24, 2.45) is 5.73 Å². The van der Waals surface area contributed by atoms with Crippen LogP contribution in [-0.4, -0.2) is 29.4 Å². The highest BCUT2D eigenvalue weighted by Gasteiger charge is 2.28. The Bertz CT molecular complexity index is 488. The van der Waals surface area contributed by atoms with Crippen molar-refractivity contribution in [1.82, 2.24) is 10.3 Å². The Morgan fingerprint density at radius 1 is 1.44 bits per heavy atom. The Hall–Kier alpha value is -1.82. The maximum absolute atomic E-state index is 12.0. The van der Waals surface area contributed by atoms with Gasteiger partial charge in [-0.25, -0.2) is 4.98 Å². The molecule has 0 saturated carbocycles. The molecule has 0 aliphatic carbocycles. The van der Waals surface area contributed by atoms with Crippen LogP contribution >= 0.6 is 11.6 Å². The molecule has 2 amide bonds. The van der Waals surface area contributed by atoms with Gasteiger partial charge in [-0.3, -0.25) is 9.59 Å². The number of anilines is 1. The minimum absolute atomic E-state index is 0.201. The fraction of sp³-hybridized carbons (Fsp3) is 0.364. The van der Waals surface area contributed by atoms with Crippen molar-refractivity contribution in [3.63, 3.8) is 0 Å². The third kappa shape index (κ3) is 3.10. The average Bonchev–Trinajstić information content (AvgIpc) is 2.28. The SMILES string of the molecule is CNc1cc(C(=O)NC(C)(C)C(N)=O)c(Cl)cn1. The molecule has 98 valence electrons. The molecule has 7 heteroatoms. The molecule has 0 unspecified atom stereocenters. The van der Waals surface area contributed by atoms with Gasteiger partial charge in [0.25, 0.3) is 5.91 Å². The minimum Gasteiger partial charge on any atom is -0.373 e. The number of amides is 2. The predicted octanol–water partition coefficient (Wildman–Crippen LogP) is 0.770. The number of carbonyl (C=O) groups excluding carboxylic acids is 2. The van der Waals surface area contributed by atoms with Gasteiger partial charge in [0.15, 0.2) is 0 Å². The molecule has 0 saturated heterocycles. The summed E-state index contributed by atoms with van der Waals surface area (Å²) in [5.74, 6) is -0.612. The van der Waals surface area contributed by atoms with E-state index in [2.05, 4.69) is 15.6 Å². The zero-order chi connectivity index (χ0) is 13.9. The largest absolute Gasteiger partial charge is 0.373 e. The van der Waals surface area contributed by atoms with E-state index in [4.69, 9.17) is 17.3 Å². The lowest BCUT2D eigenvalue weighted by Gasteiger charge is -2.22. The number of primary amides is 1. The smallest absolute Gasteiger partial charge is 0.253 e. The summed E-state index contributed by atoms with van der Waals surface area (Å²) in [5, 5.41) is 5.51. The second kappa shape index (κ2) is 5.22. The number of rotatable bonds is 4. The van der Waals surface area contributed by atoms with E-state index in [-0.39, 0.29) is 10.6 Å². The van der Waals surface area contributed by atoms with Crippen LogP contribution in [0.25, 0.3) is 0 Å². The zero-order valence-electron chi connectivity index (χ0n) is 10.4. The van der Waals surface area contributed by atoms with Crippen LogP contribution in [0.2, 0.25) is 5.02 Å². The van der Waals surface area contributed by atoms with Crippen molar-refractivity contribution in [3.05, 3.63) is 22.8 Å². The fourth-order valence-electron chi connectivity index (χ4n) is 1.16. The van der Waals surface area contributed by atoms with Crippen molar-refractivity contribution in [3.8, 4) is 0 Å². The molecular formula is C11H15ClN4O2. The van der Waals surface area contributed by atoms with E-state index in [0.29, 0.717) is 5.82 Å². The first kappa shape index (κ1) is 14.2. The standard InChI is InChI=1S/C11H15ClN4O2/c1-11(2,10(13)18)16-9(17)6-4-8(14-3)15-5-7(6)12/h4-5H,1-3H3,(H2,13,18)(H,14,15)(H,16,17). The monoisotopic (exact) mass is 270 g/mol. The number of carbonyl (C=O) groups is 2. The number of nitrogens with zero attached hydrogens (tertiary/aromatic N) is 1. The average molecular weight is 271 g/mol. The lowest BCUT2D eigenvalue weighted by molar-refractivity contribution is -0.122. The van der Waals surface area contributed by atoms with E-state index >= 15 is 0 Å². The molecule has 0 spiro atoms. The topological polar surface area (TPSA) is 97.1 Å². The lowest BCUT2D eigenvalue weighted by Crippen LogP contribution is -2.53. The number of nitrogens with one attached hydrogen (secondary N) is 2. The summed E-state index contributed by atoms with van der Waals surface area (Å²) in [6.45, 7) is 3.03. The van der Waals surface area contributed by atoms with Gasteiger partial charge in [0, 0.05) is 13.2 Å². The second-order valence-electron chi connectivity index (χ2n) is 4.24. The molecule has 1 heterocycles. The van der Waals surface area contributed by atoms with E-state index in [9.17, 15) is 9.59 Å². The maximum Gasteiger partial charge on any atom is 0.253 e. The van der Waals surface area contributed by atoms with E-state index in [0.717, 1.165) is 0 Å². The van der Waals surface area contributed by atoms with E-state index in [1.807, 2.05) is 0 Å². The zero-order valence-corrected chi connectivity index (χ0v) is 11.1. The van der Waals surface area contributed by atoms with Crippen LogP contribution in [0.3, 0.4) is 0 Å². The normalized spacial score (nSPS) is 10.9. The Morgan fingerprint density at radius 3 is 2.56 bits per heavy atom. The molecule has 0 aromatic carbocycles. The molecular weight excluding hydrogens is 256 g/mol. The summed E-state index contributed by atoms with van der Waals surface area (Å²) in [6, 6.07) is 1.49. The first-order valence-electron chi connectivity index (χ1n) is 5.23. The molecule has 1 rings (SSSR count). The number of hydrogen-bond acceptors (Lipinski definition) is 4. The highest BCUT2D eigenvalue weighted by Crippen LogP contribution is 2.18. The number of nitrogens with two attached hydrogens (primary N) is 1. The molecule has 0 aliphatic heterocycles. The third-order valence-electron chi connectivity index (χ3n) is 2.40. The van der Waals surface area contributed by atoms with Gasteiger partial charge in [0.2, 0.25) is 5.91 Å². The van der Waals surface area contributed by atoms with Crippen LogP contribution in [0.15, 0.2) is 12.3 Å². The van der Waals surface area contributed by atoms with Crippen LogP contribution in [-0.2, 0) is 4.79 Å². The number of pyridine rings is 1. The van der Waals surface area contributed by atoms with Crippen LogP contribution in [0.5, 0.6) is 0 Å². The quantitative estimate of drug-likeness (QED) is 0.753. The first-order valence-corrected chi connectivity index (χ1v) is 5.61. The molecule has 18 heavy (non-hydrogen) atoms. The van der Waals surface area contributed by atoms with Gasteiger partial charge >= 0.3 is 0 Å². The van der Waals surface area contributed by atoms with Crippen LogP contribution in [0, 0.1) is 0 Å². The van der Waals surface area contributed by atoms with Gasteiger partial charge in [-0.15, -0.1) is 0 Å². The Morgan fingerprint density at radius 2 is 2.06 bits per heavy atom. The van der Waals surface area contributed by atoms with Crippen molar-refractivity contribution in [1.29, 1.82) is 0 Å².